The van der Waals surface area contributed by atoms with Crippen LogP contribution in [0.4, 0.5) is 5.69 Å². The van der Waals surface area contributed by atoms with Crippen molar-refractivity contribution in [2.24, 2.45) is 11.8 Å². The maximum atomic E-state index is 14.4. The first-order valence-corrected chi connectivity index (χ1v) is 13.9. The first-order chi connectivity index (χ1) is 18.3. The highest BCUT2D eigenvalue weighted by Gasteiger charge is 2.75. The molecular weight excluding hydrogens is 508 g/mol. The van der Waals surface area contributed by atoms with E-state index < -0.39 is 41.1 Å². The topological polar surface area (TPSA) is 96.4 Å². The third-order valence-electron chi connectivity index (χ3n) is 8.53. The molecule has 0 radical (unpaired) electrons. The van der Waals surface area contributed by atoms with Gasteiger partial charge in [0.1, 0.15) is 23.2 Å². The Labute approximate surface area is 228 Å². The summed E-state index contributed by atoms with van der Waals surface area (Å²) in [4.78, 5) is 45.5. The number of nitrogens with zero attached hydrogens (tertiary/aromatic N) is 2. The van der Waals surface area contributed by atoms with E-state index in [1.807, 2.05) is 38.2 Å². The molecule has 9 heteroatoms. The fourth-order valence-electron chi connectivity index (χ4n) is 6.64. The minimum absolute atomic E-state index is 0.261. The van der Waals surface area contributed by atoms with E-state index in [9.17, 15) is 19.5 Å². The summed E-state index contributed by atoms with van der Waals surface area (Å²) in [6.45, 7) is 4.01. The van der Waals surface area contributed by atoms with E-state index in [0.717, 1.165) is 19.3 Å². The number of fused-ring (bicyclic) bond motifs is 2. The standard InChI is InChI=1S/C29H35ClN2O6/c1-3-20(18-33)32-24-26(35)31(21-12-10-19(30)11-13-21)16-9-15-29(24)22(25(32)34)23-27(36)37-17-8-6-5-7-14-28(23,4-2)38-29/h7,9-15,20,22-24,33H,3-6,8,16-18H2,1-2H3/b14-7-/t20-,22-,23+,24?,28-,29-/m0/s1. The highest BCUT2D eigenvalue weighted by atomic mass is 35.5. The quantitative estimate of drug-likeness (QED) is 0.450. The van der Waals surface area contributed by atoms with Crippen LogP contribution in [0.5, 0.6) is 0 Å². The Morgan fingerprint density at radius 2 is 1.82 bits per heavy atom. The van der Waals surface area contributed by atoms with Gasteiger partial charge in [0, 0.05) is 17.3 Å². The van der Waals surface area contributed by atoms with E-state index in [-0.39, 0.29) is 31.6 Å². The molecule has 1 N–H and O–H groups in total. The molecule has 8 nitrogen and oxygen atoms in total. The van der Waals surface area contributed by atoms with Crippen molar-refractivity contribution in [3.63, 3.8) is 0 Å². The van der Waals surface area contributed by atoms with Crippen LogP contribution in [0.15, 0.2) is 48.6 Å². The highest BCUT2D eigenvalue weighted by molar-refractivity contribution is 6.30. The highest BCUT2D eigenvalue weighted by Crippen LogP contribution is 2.58. The van der Waals surface area contributed by atoms with Gasteiger partial charge >= 0.3 is 5.97 Å². The second-order valence-electron chi connectivity index (χ2n) is 10.5. The van der Waals surface area contributed by atoms with Crippen LogP contribution in [0.3, 0.4) is 0 Å². The Balaban J connectivity index is 1.69. The average Bonchev–Trinajstić information content (AvgIpc) is 3.27. The number of amides is 2. The van der Waals surface area contributed by atoms with E-state index >= 15 is 0 Å². The Morgan fingerprint density at radius 3 is 2.50 bits per heavy atom. The number of esters is 1. The van der Waals surface area contributed by atoms with Crippen LogP contribution in [0.25, 0.3) is 0 Å². The monoisotopic (exact) mass is 542 g/mol. The first-order valence-electron chi connectivity index (χ1n) is 13.6. The Hall–Kier alpha value is -2.68. The number of allylic oxidation sites excluding steroid dienone is 1. The van der Waals surface area contributed by atoms with E-state index in [0.29, 0.717) is 23.6 Å². The number of benzene rings is 1. The maximum Gasteiger partial charge on any atom is 0.313 e. The number of hydrogen-bond donors (Lipinski definition) is 1. The van der Waals surface area contributed by atoms with Crippen molar-refractivity contribution in [3.8, 4) is 0 Å². The predicted octanol–water partition coefficient (Wildman–Crippen LogP) is 3.66. The molecule has 0 aromatic heterocycles. The lowest BCUT2D eigenvalue weighted by Gasteiger charge is -2.40. The van der Waals surface area contributed by atoms with Gasteiger partial charge in [0.15, 0.2) is 0 Å². The number of aliphatic hydroxyl groups is 1. The van der Waals surface area contributed by atoms with E-state index in [1.54, 1.807) is 29.2 Å². The summed E-state index contributed by atoms with van der Waals surface area (Å²) in [7, 11) is 0. The summed E-state index contributed by atoms with van der Waals surface area (Å²) >= 11 is 6.10. The number of aliphatic hydroxyl groups excluding tert-OH is 1. The molecule has 5 rings (SSSR count). The lowest BCUT2D eigenvalue weighted by Crippen LogP contribution is -2.59. The molecule has 1 unspecified atom stereocenters. The van der Waals surface area contributed by atoms with E-state index in [2.05, 4.69) is 0 Å². The van der Waals surface area contributed by atoms with Crippen molar-refractivity contribution in [1.82, 2.24) is 4.90 Å². The molecule has 1 aromatic carbocycles. The summed E-state index contributed by atoms with van der Waals surface area (Å²) in [5, 5.41) is 10.8. The molecule has 4 heterocycles. The molecule has 38 heavy (non-hydrogen) atoms. The normalized spacial score (nSPS) is 34.7. The van der Waals surface area contributed by atoms with Crippen molar-refractivity contribution in [2.45, 2.75) is 69.2 Å². The number of rotatable bonds is 5. The van der Waals surface area contributed by atoms with E-state index in [4.69, 9.17) is 21.1 Å². The van der Waals surface area contributed by atoms with Gasteiger partial charge in [0.05, 0.1) is 25.2 Å². The van der Waals surface area contributed by atoms with Crippen LogP contribution < -0.4 is 4.90 Å². The lowest BCUT2D eigenvalue weighted by molar-refractivity contribution is -0.161. The lowest BCUT2D eigenvalue weighted by atomic mass is 9.73. The van der Waals surface area contributed by atoms with Crippen LogP contribution >= 0.6 is 11.6 Å². The van der Waals surface area contributed by atoms with Gasteiger partial charge in [-0.1, -0.05) is 49.8 Å². The van der Waals surface area contributed by atoms with Gasteiger partial charge in [0.2, 0.25) is 5.91 Å². The number of hydrogen-bond acceptors (Lipinski definition) is 6. The summed E-state index contributed by atoms with van der Waals surface area (Å²) in [6, 6.07) is 5.28. The van der Waals surface area contributed by atoms with Crippen molar-refractivity contribution in [2.75, 3.05) is 24.7 Å². The van der Waals surface area contributed by atoms with E-state index in [1.165, 1.54) is 4.90 Å². The third-order valence-corrected chi connectivity index (χ3v) is 8.79. The van der Waals surface area contributed by atoms with Gasteiger partial charge in [-0.05, 0) is 56.4 Å². The molecule has 1 spiro atoms. The zero-order chi connectivity index (χ0) is 27.1. The molecule has 4 aliphatic rings. The van der Waals surface area contributed by atoms with Crippen LogP contribution in [0.2, 0.25) is 5.02 Å². The molecule has 0 saturated carbocycles. The Bertz CT molecular complexity index is 1150. The van der Waals surface area contributed by atoms with Gasteiger partial charge in [0.25, 0.3) is 5.91 Å². The van der Waals surface area contributed by atoms with Crippen molar-refractivity contribution in [1.29, 1.82) is 0 Å². The van der Waals surface area contributed by atoms with Gasteiger partial charge in [-0.2, -0.15) is 0 Å². The molecular formula is C29H35ClN2O6. The molecule has 0 bridgehead atoms. The molecule has 0 aliphatic carbocycles. The Morgan fingerprint density at radius 1 is 1.05 bits per heavy atom. The minimum Gasteiger partial charge on any atom is -0.465 e. The third kappa shape index (κ3) is 4.08. The molecule has 2 saturated heterocycles. The zero-order valence-corrected chi connectivity index (χ0v) is 22.6. The van der Waals surface area contributed by atoms with Crippen LogP contribution in [-0.2, 0) is 23.9 Å². The second kappa shape index (κ2) is 10.5. The summed E-state index contributed by atoms with van der Waals surface area (Å²) < 4.78 is 12.6. The van der Waals surface area contributed by atoms with Crippen molar-refractivity contribution in [3.05, 3.63) is 53.6 Å². The zero-order valence-electron chi connectivity index (χ0n) is 21.8. The minimum atomic E-state index is -1.39. The number of likely N-dealkylation sites (tertiary alicyclic amines) is 1. The molecule has 6 atom stereocenters. The molecule has 2 amide bonds. The number of cyclic esters (lactones) is 1. The Kier molecular flexibility index (Phi) is 7.42. The molecule has 4 aliphatic heterocycles. The van der Waals surface area contributed by atoms with Gasteiger partial charge in [-0.15, -0.1) is 0 Å². The molecule has 1 aromatic rings. The van der Waals surface area contributed by atoms with Gasteiger partial charge < -0.3 is 24.4 Å². The number of carbonyl (C=O) groups is 3. The van der Waals surface area contributed by atoms with Crippen LogP contribution in [0.1, 0.15) is 46.0 Å². The smallest absolute Gasteiger partial charge is 0.313 e. The summed E-state index contributed by atoms with van der Waals surface area (Å²) in [6.07, 6.45) is 10.9. The van der Waals surface area contributed by atoms with Gasteiger partial charge in [-0.25, -0.2) is 0 Å². The molecule has 2 fully saturated rings. The van der Waals surface area contributed by atoms with Crippen molar-refractivity contribution < 1.29 is 29.0 Å². The average molecular weight is 543 g/mol. The second-order valence-corrected chi connectivity index (χ2v) is 10.9. The number of halogens is 1. The number of carbonyl (C=O) groups excluding carboxylic acids is 3. The SMILES string of the molecule is CC[C@@H](CO)N1C(=O)[C@@H]2[C@@H]3C(=O)OCCCC/C=C\[C@]3(CC)O[C@@]23C=CCN(c2ccc(Cl)cc2)C(=O)C13. The number of anilines is 1. The van der Waals surface area contributed by atoms with Crippen LogP contribution in [-0.4, -0.2) is 70.8 Å². The fourth-order valence-corrected chi connectivity index (χ4v) is 6.76. The van der Waals surface area contributed by atoms with Crippen LogP contribution in [0, 0.1) is 11.8 Å². The largest absolute Gasteiger partial charge is 0.465 e. The predicted molar refractivity (Wildman–Crippen MR) is 143 cm³/mol. The first kappa shape index (κ1) is 26.9. The number of ether oxygens (including phenoxy) is 2. The van der Waals surface area contributed by atoms with Crippen molar-refractivity contribution >= 4 is 35.1 Å². The summed E-state index contributed by atoms with van der Waals surface area (Å²) in [5.74, 6) is -3.06. The van der Waals surface area contributed by atoms with Gasteiger partial charge in [-0.3, -0.25) is 14.4 Å². The summed E-state index contributed by atoms with van der Waals surface area (Å²) in [5.41, 5.74) is -1.86. The fraction of sp³-hybridized carbons (Fsp3) is 0.552. The molecule has 204 valence electrons. The maximum absolute atomic E-state index is 14.4.